The Morgan fingerprint density at radius 3 is 2.03 bits per heavy atom. The second kappa shape index (κ2) is 14.4. The summed E-state index contributed by atoms with van der Waals surface area (Å²) in [5.74, 6) is 1.41. The molecular formula is C29H40O6. The minimum absolute atomic E-state index is 0.235. The number of carbonyl (C=O) groups excluding carboxylic acids is 2. The van der Waals surface area contributed by atoms with Crippen molar-refractivity contribution in [3.05, 3.63) is 47.5 Å². The minimum Gasteiger partial charge on any atom is -0.496 e. The van der Waals surface area contributed by atoms with Crippen LogP contribution in [0.4, 0.5) is 0 Å². The Balaban J connectivity index is 2.20. The SMILES string of the molecule is CCOC(=O)c1cc(-c2ccc(OCCC(C)CCCC(C)C)cc2)c(C(=O)OCC)cc1OC. The third kappa shape index (κ3) is 8.61. The van der Waals surface area contributed by atoms with Crippen molar-refractivity contribution in [1.29, 1.82) is 0 Å². The maximum Gasteiger partial charge on any atom is 0.341 e. The van der Waals surface area contributed by atoms with Gasteiger partial charge in [0.15, 0.2) is 0 Å². The van der Waals surface area contributed by atoms with E-state index in [1.54, 1.807) is 19.9 Å². The van der Waals surface area contributed by atoms with Gasteiger partial charge in [0, 0.05) is 0 Å². The highest BCUT2D eigenvalue weighted by atomic mass is 16.5. The van der Waals surface area contributed by atoms with E-state index in [-0.39, 0.29) is 24.5 Å². The number of hydrogen-bond donors (Lipinski definition) is 0. The molecule has 2 aromatic carbocycles. The van der Waals surface area contributed by atoms with Crippen molar-refractivity contribution in [1.82, 2.24) is 0 Å². The molecule has 6 nitrogen and oxygen atoms in total. The second-order valence-corrected chi connectivity index (χ2v) is 9.13. The molecular weight excluding hydrogens is 444 g/mol. The average Bonchev–Trinajstić information content (AvgIpc) is 2.83. The molecule has 0 spiro atoms. The predicted molar refractivity (Wildman–Crippen MR) is 138 cm³/mol. The third-order valence-corrected chi connectivity index (χ3v) is 5.85. The van der Waals surface area contributed by atoms with Crippen molar-refractivity contribution >= 4 is 11.9 Å². The summed E-state index contributed by atoms with van der Waals surface area (Å²) < 4.78 is 21.7. The van der Waals surface area contributed by atoms with E-state index in [1.165, 1.54) is 32.4 Å². The molecule has 192 valence electrons. The Morgan fingerprint density at radius 2 is 1.46 bits per heavy atom. The fourth-order valence-electron chi connectivity index (χ4n) is 3.86. The van der Waals surface area contributed by atoms with Gasteiger partial charge in [0.05, 0.1) is 32.5 Å². The summed E-state index contributed by atoms with van der Waals surface area (Å²) in [5, 5.41) is 0. The van der Waals surface area contributed by atoms with Gasteiger partial charge in [-0.3, -0.25) is 0 Å². The lowest BCUT2D eigenvalue weighted by atomic mass is 9.96. The van der Waals surface area contributed by atoms with Crippen molar-refractivity contribution in [2.24, 2.45) is 11.8 Å². The van der Waals surface area contributed by atoms with Crippen LogP contribution in [0.5, 0.6) is 11.5 Å². The number of esters is 2. The molecule has 1 unspecified atom stereocenters. The lowest BCUT2D eigenvalue weighted by Crippen LogP contribution is -2.11. The summed E-state index contributed by atoms with van der Waals surface area (Å²) in [6, 6.07) is 10.7. The van der Waals surface area contributed by atoms with Gasteiger partial charge in [-0.15, -0.1) is 0 Å². The normalized spacial score (nSPS) is 11.7. The standard InChI is InChI=1S/C29H40O6/c1-7-33-28(30)25-19-27(32-6)26(29(31)34-8-2)18-24(25)22-12-14-23(15-13-22)35-17-16-21(5)11-9-10-20(3)4/h12-15,18-21H,7-11,16-17H2,1-6H3. The predicted octanol–water partition coefficient (Wildman–Crippen LogP) is 6.95. The topological polar surface area (TPSA) is 71.1 Å². The first kappa shape index (κ1) is 28.2. The highest BCUT2D eigenvalue weighted by Gasteiger charge is 2.22. The van der Waals surface area contributed by atoms with E-state index in [0.717, 1.165) is 23.7 Å². The number of benzene rings is 2. The highest BCUT2D eigenvalue weighted by molar-refractivity contribution is 6.02. The molecule has 0 aliphatic heterocycles. The van der Waals surface area contributed by atoms with Crippen molar-refractivity contribution in [3.63, 3.8) is 0 Å². The smallest absolute Gasteiger partial charge is 0.341 e. The lowest BCUT2D eigenvalue weighted by molar-refractivity contribution is 0.0509. The van der Waals surface area contributed by atoms with Gasteiger partial charge in [-0.05, 0) is 67.5 Å². The first-order valence-corrected chi connectivity index (χ1v) is 12.6. The van der Waals surface area contributed by atoms with Crippen LogP contribution >= 0.6 is 0 Å². The summed E-state index contributed by atoms with van der Waals surface area (Å²) in [6.45, 7) is 11.4. The first-order valence-electron chi connectivity index (χ1n) is 12.6. The molecule has 0 aliphatic carbocycles. The maximum atomic E-state index is 12.7. The molecule has 0 fully saturated rings. The summed E-state index contributed by atoms with van der Waals surface area (Å²) in [6.07, 6.45) is 4.75. The van der Waals surface area contributed by atoms with Crippen LogP contribution in [0.15, 0.2) is 36.4 Å². The number of rotatable bonds is 14. The molecule has 0 N–H and O–H groups in total. The largest absolute Gasteiger partial charge is 0.496 e. The van der Waals surface area contributed by atoms with E-state index in [9.17, 15) is 9.59 Å². The Morgan fingerprint density at radius 1 is 0.829 bits per heavy atom. The van der Waals surface area contributed by atoms with Gasteiger partial charge in [-0.25, -0.2) is 9.59 Å². The van der Waals surface area contributed by atoms with Crippen LogP contribution in [-0.4, -0.2) is 38.9 Å². The molecule has 0 aromatic heterocycles. The van der Waals surface area contributed by atoms with Crippen LogP contribution in [0.2, 0.25) is 0 Å². The van der Waals surface area contributed by atoms with E-state index in [0.29, 0.717) is 23.7 Å². The van der Waals surface area contributed by atoms with Crippen LogP contribution in [-0.2, 0) is 9.47 Å². The second-order valence-electron chi connectivity index (χ2n) is 9.13. The van der Waals surface area contributed by atoms with Crippen LogP contribution in [0, 0.1) is 11.8 Å². The molecule has 0 saturated carbocycles. The number of methoxy groups -OCH3 is 1. The fraction of sp³-hybridized carbons (Fsp3) is 0.517. The Bertz CT molecular complexity index is 948. The van der Waals surface area contributed by atoms with E-state index >= 15 is 0 Å². The fourth-order valence-corrected chi connectivity index (χ4v) is 3.86. The van der Waals surface area contributed by atoms with Crippen LogP contribution < -0.4 is 9.47 Å². The molecule has 0 aliphatic rings. The summed E-state index contributed by atoms with van der Waals surface area (Å²) >= 11 is 0. The van der Waals surface area contributed by atoms with Crippen molar-refractivity contribution in [3.8, 4) is 22.6 Å². The molecule has 1 atom stereocenters. The molecule has 2 aromatic rings. The van der Waals surface area contributed by atoms with Gasteiger partial charge in [0.25, 0.3) is 0 Å². The zero-order chi connectivity index (χ0) is 25.8. The average molecular weight is 485 g/mol. The van der Waals surface area contributed by atoms with Gasteiger partial charge in [0.2, 0.25) is 0 Å². The van der Waals surface area contributed by atoms with E-state index in [4.69, 9.17) is 18.9 Å². The monoisotopic (exact) mass is 484 g/mol. The third-order valence-electron chi connectivity index (χ3n) is 5.85. The molecule has 0 bridgehead atoms. The van der Waals surface area contributed by atoms with E-state index in [1.807, 2.05) is 24.3 Å². The number of ether oxygens (including phenoxy) is 4. The van der Waals surface area contributed by atoms with E-state index in [2.05, 4.69) is 20.8 Å². The minimum atomic E-state index is -0.511. The summed E-state index contributed by atoms with van der Waals surface area (Å²) in [7, 11) is 1.45. The van der Waals surface area contributed by atoms with Crippen LogP contribution in [0.3, 0.4) is 0 Å². The molecule has 0 saturated heterocycles. The first-order chi connectivity index (χ1) is 16.8. The maximum absolute atomic E-state index is 12.7. The quantitative estimate of drug-likeness (QED) is 0.270. The molecule has 2 rings (SSSR count). The van der Waals surface area contributed by atoms with Crippen molar-refractivity contribution < 1.29 is 28.5 Å². The molecule has 0 heterocycles. The number of carbonyl (C=O) groups is 2. The van der Waals surface area contributed by atoms with Crippen LogP contribution in [0.25, 0.3) is 11.1 Å². The van der Waals surface area contributed by atoms with Gasteiger partial charge >= 0.3 is 11.9 Å². The molecule has 0 amide bonds. The van der Waals surface area contributed by atoms with Crippen LogP contribution in [0.1, 0.15) is 81.0 Å². The zero-order valence-electron chi connectivity index (χ0n) is 22.0. The Hall–Kier alpha value is -3.02. The van der Waals surface area contributed by atoms with Gasteiger partial charge in [-0.1, -0.05) is 52.2 Å². The Labute approximate surface area is 209 Å². The molecule has 35 heavy (non-hydrogen) atoms. The zero-order valence-corrected chi connectivity index (χ0v) is 22.0. The number of hydrogen-bond acceptors (Lipinski definition) is 6. The summed E-state index contributed by atoms with van der Waals surface area (Å²) in [4.78, 5) is 25.2. The van der Waals surface area contributed by atoms with E-state index < -0.39 is 11.9 Å². The highest BCUT2D eigenvalue weighted by Crippen LogP contribution is 2.33. The molecule has 0 radical (unpaired) electrons. The van der Waals surface area contributed by atoms with Gasteiger partial charge in [0.1, 0.15) is 17.1 Å². The van der Waals surface area contributed by atoms with Crippen molar-refractivity contribution in [2.45, 2.75) is 60.3 Å². The van der Waals surface area contributed by atoms with Gasteiger partial charge < -0.3 is 18.9 Å². The molecule has 6 heteroatoms. The van der Waals surface area contributed by atoms with Crippen molar-refractivity contribution in [2.75, 3.05) is 26.9 Å². The summed E-state index contributed by atoms with van der Waals surface area (Å²) in [5.41, 5.74) is 1.90. The lowest BCUT2D eigenvalue weighted by Gasteiger charge is -2.16. The Kier molecular flexibility index (Phi) is 11.6. The van der Waals surface area contributed by atoms with Gasteiger partial charge in [-0.2, -0.15) is 0 Å².